The van der Waals surface area contributed by atoms with E-state index < -0.39 is 11.7 Å². The minimum atomic E-state index is -0.829. The van der Waals surface area contributed by atoms with Crippen LogP contribution in [0.25, 0.3) is 0 Å². The van der Waals surface area contributed by atoms with E-state index in [1.165, 1.54) is 0 Å². The van der Waals surface area contributed by atoms with Crippen LogP contribution in [0.2, 0.25) is 0 Å². The van der Waals surface area contributed by atoms with Gasteiger partial charge in [0, 0.05) is 25.0 Å². The Balaban J connectivity index is 0.000000845. The molecule has 0 bridgehead atoms. The van der Waals surface area contributed by atoms with Crippen LogP contribution < -0.4 is 0 Å². The molecule has 2 N–H and O–H groups in total. The van der Waals surface area contributed by atoms with Crippen LogP contribution >= 0.6 is 12.4 Å². The third kappa shape index (κ3) is 1.68. The van der Waals surface area contributed by atoms with Gasteiger partial charge in [-0.3, -0.25) is 4.90 Å². The third-order valence-corrected chi connectivity index (χ3v) is 3.03. The van der Waals surface area contributed by atoms with Crippen molar-refractivity contribution in [2.24, 2.45) is 0 Å². The van der Waals surface area contributed by atoms with Crippen LogP contribution in [0, 0.1) is 0 Å². The molecule has 2 aliphatic heterocycles. The molecule has 5 heteroatoms. The predicted molar refractivity (Wildman–Crippen MR) is 48.8 cm³/mol. The topological polar surface area (TPSA) is 43.7 Å². The first-order valence-corrected chi connectivity index (χ1v) is 4.34. The summed E-state index contributed by atoms with van der Waals surface area (Å²) >= 11 is 0. The minimum Gasteiger partial charge on any atom is -0.394 e. The Bertz CT molecular complexity index is 179. The highest BCUT2D eigenvalue weighted by atomic mass is 35.5. The molecule has 0 aromatic carbocycles. The Morgan fingerprint density at radius 2 is 2.08 bits per heavy atom. The van der Waals surface area contributed by atoms with E-state index in [2.05, 4.69) is 0 Å². The number of aliphatic hydroxyl groups excluding tert-OH is 2. The van der Waals surface area contributed by atoms with Crippen molar-refractivity contribution in [2.75, 3.05) is 19.7 Å². The fraction of sp³-hybridized carbons (Fsp3) is 1.00. The van der Waals surface area contributed by atoms with Gasteiger partial charge in [-0.25, -0.2) is 4.39 Å². The standard InChI is InChI=1S/C8H14FNO2.ClH/c9-6-1-8(5-11)2-7(12)4-10(8)3-6;/h6-7,11-12H,1-5H2;1H/t6-,7-,8-;/m1./s1. The Labute approximate surface area is 82.9 Å². The van der Waals surface area contributed by atoms with Gasteiger partial charge in [-0.1, -0.05) is 0 Å². The van der Waals surface area contributed by atoms with Gasteiger partial charge in [0.25, 0.3) is 0 Å². The number of hydrogen-bond acceptors (Lipinski definition) is 3. The Morgan fingerprint density at radius 3 is 2.62 bits per heavy atom. The molecule has 2 saturated heterocycles. The lowest BCUT2D eigenvalue weighted by Gasteiger charge is -2.28. The van der Waals surface area contributed by atoms with Crippen LogP contribution in [0.15, 0.2) is 0 Å². The molecule has 78 valence electrons. The number of aliphatic hydroxyl groups is 2. The first kappa shape index (κ1) is 11.2. The molecule has 0 aromatic heterocycles. The largest absolute Gasteiger partial charge is 0.394 e. The Hall–Kier alpha value is 0.1000. The molecular weight excluding hydrogens is 197 g/mol. The van der Waals surface area contributed by atoms with E-state index in [0.717, 1.165) is 0 Å². The molecule has 0 radical (unpaired) electrons. The van der Waals surface area contributed by atoms with Gasteiger partial charge in [-0.2, -0.15) is 0 Å². The van der Waals surface area contributed by atoms with Gasteiger partial charge in [-0.05, 0) is 6.42 Å². The predicted octanol–water partition coefficient (Wildman–Crippen LogP) is -0.0523. The Kier molecular flexibility index (Phi) is 3.17. The molecule has 0 spiro atoms. The van der Waals surface area contributed by atoms with E-state index in [9.17, 15) is 9.50 Å². The maximum atomic E-state index is 13.0. The van der Waals surface area contributed by atoms with Crippen molar-refractivity contribution in [3.63, 3.8) is 0 Å². The minimum absolute atomic E-state index is 0. The summed E-state index contributed by atoms with van der Waals surface area (Å²) in [6.45, 7) is 0.850. The smallest absolute Gasteiger partial charge is 0.115 e. The van der Waals surface area contributed by atoms with Gasteiger partial charge in [0.2, 0.25) is 0 Å². The molecule has 13 heavy (non-hydrogen) atoms. The van der Waals surface area contributed by atoms with Crippen LogP contribution in [-0.4, -0.2) is 52.6 Å². The lowest BCUT2D eigenvalue weighted by Crippen LogP contribution is -2.41. The highest BCUT2D eigenvalue weighted by Crippen LogP contribution is 2.39. The van der Waals surface area contributed by atoms with Crippen molar-refractivity contribution in [1.29, 1.82) is 0 Å². The van der Waals surface area contributed by atoms with Crippen LogP contribution in [0.1, 0.15) is 12.8 Å². The maximum Gasteiger partial charge on any atom is 0.115 e. The molecule has 2 heterocycles. The normalized spacial score (nSPS) is 44.5. The zero-order chi connectivity index (χ0) is 8.77. The molecule has 2 aliphatic rings. The highest BCUT2D eigenvalue weighted by molar-refractivity contribution is 5.85. The van der Waals surface area contributed by atoms with Gasteiger partial charge in [0.05, 0.1) is 12.7 Å². The van der Waals surface area contributed by atoms with Crippen molar-refractivity contribution >= 4 is 12.4 Å². The molecule has 2 fully saturated rings. The van der Waals surface area contributed by atoms with Crippen molar-refractivity contribution in [3.05, 3.63) is 0 Å². The van der Waals surface area contributed by atoms with Gasteiger partial charge >= 0.3 is 0 Å². The van der Waals surface area contributed by atoms with E-state index in [0.29, 0.717) is 25.9 Å². The van der Waals surface area contributed by atoms with Crippen molar-refractivity contribution in [3.8, 4) is 0 Å². The molecule has 0 amide bonds. The summed E-state index contributed by atoms with van der Waals surface area (Å²) < 4.78 is 13.0. The third-order valence-electron chi connectivity index (χ3n) is 3.03. The summed E-state index contributed by atoms with van der Waals surface area (Å²) in [5, 5.41) is 18.5. The average molecular weight is 212 g/mol. The second-order valence-electron chi connectivity index (χ2n) is 3.95. The van der Waals surface area contributed by atoms with E-state index in [1.54, 1.807) is 0 Å². The van der Waals surface area contributed by atoms with Gasteiger partial charge in [-0.15, -0.1) is 12.4 Å². The van der Waals surface area contributed by atoms with Crippen LogP contribution in [0.4, 0.5) is 4.39 Å². The fourth-order valence-corrected chi connectivity index (χ4v) is 2.51. The summed E-state index contributed by atoms with van der Waals surface area (Å²) in [6, 6.07) is 0. The number of nitrogens with zero attached hydrogens (tertiary/aromatic N) is 1. The van der Waals surface area contributed by atoms with E-state index in [4.69, 9.17) is 5.11 Å². The molecule has 0 aromatic rings. The SMILES string of the molecule is Cl.OC[C@@]12C[C@@H](O)CN1C[C@H](F)C2. The summed E-state index contributed by atoms with van der Waals surface area (Å²) in [5.74, 6) is 0. The molecule has 2 rings (SSSR count). The lowest BCUT2D eigenvalue weighted by molar-refractivity contribution is 0.0985. The zero-order valence-corrected chi connectivity index (χ0v) is 8.13. The van der Waals surface area contributed by atoms with Gasteiger partial charge < -0.3 is 10.2 Å². The molecular formula is C8H15ClFNO2. The zero-order valence-electron chi connectivity index (χ0n) is 7.32. The molecule has 3 nitrogen and oxygen atoms in total. The van der Waals surface area contributed by atoms with Crippen LogP contribution in [0.3, 0.4) is 0 Å². The van der Waals surface area contributed by atoms with Crippen molar-refractivity contribution in [1.82, 2.24) is 4.90 Å². The van der Waals surface area contributed by atoms with Crippen molar-refractivity contribution < 1.29 is 14.6 Å². The van der Waals surface area contributed by atoms with Crippen LogP contribution in [0.5, 0.6) is 0 Å². The first-order valence-electron chi connectivity index (χ1n) is 4.34. The number of hydrogen-bond donors (Lipinski definition) is 2. The number of halogens is 2. The van der Waals surface area contributed by atoms with Crippen LogP contribution in [-0.2, 0) is 0 Å². The summed E-state index contributed by atoms with van der Waals surface area (Å²) in [7, 11) is 0. The Morgan fingerprint density at radius 1 is 1.38 bits per heavy atom. The summed E-state index contributed by atoms with van der Waals surface area (Å²) in [5.41, 5.74) is -0.446. The van der Waals surface area contributed by atoms with Gasteiger partial charge in [0.1, 0.15) is 6.17 Å². The quantitative estimate of drug-likeness (QED) is 0.639. The summed E-state index contributed by atoms with van der Waals surface area (Å²) in [6.07, 6.45) is -0.320. The lowest BCUT2D eigenvalue weighted by atomic mass is 9.94. The van der Waals surface area contributed by atoms with E-state index in [1.807, 2.05) is 4.90 Å². The monoisotopic (exact) mass is 211 g/mol. The molecule has 0 aliphatic carbocycles. The molecule has 0 unspecified atom stereocenters. The summed E-state index contributed by atoms with van der Waals surface area (Å²) in [4.78, 5) is 1.88. The number of alkyl halides is 1. The highest BCUT2D eigenvalue weighted by Gasteiger charge is 2.51. The second kappa shape index (κ2) is 3.69. The molecule has 0 saturated carbocycles. The number of β-amino-alcohol motifs (C(OH)–C–C–N with tert-alkyl or cyclic N) is 1. The number of fused-ring (bicyclic) bond motifs is 1. The second-order valence-corrected chi connectivity index (χ2v) is 3.95. The van der Waals surface area contributed by atoms with Gasteiger partial charge in [0.15, 0.2) is 0 Å². The number of rotatable bonds is 1. The fourth-order valence-electron chi connectivity index (χ4n) is 2.51. The first-order chi connectivity index (χ1) is 5.66. The average Bonchev–Trinajstić information content (AvgIpc) is 2.40. The van der Waals surface area contributed by atoms with Crippen molar-refractivity contribution in [2.45, 2.75) is 30.7 Å². The van der Waals surface area contributed by atoms with E-state index in [-0.39, 0.29) is 25.1 Å². The van der Waals surface area contributed by atoms with E-state index >= 15 is 0 Å². The maximum absolute atomic E-state index is 13.0. The molecule has 3 atom stereocenters.